The van der Waals surface area contributed by atoms with E-state index in [1.807, 2.05) is 0 Å². The highest BCUT2D eigenvalue weighted by Gasteiger charge is 2.43. The van der Waals surface area contributed by atoms with Crippen molar-refractivity contribution in [2.45, 2.75) is 71.3 Å². The zero-order valence-corrected chi connectivity index (χ0v) is 11.0. The molecule has 16 heavy (non-hydrogen) atoms. The van der Waals surface area contributed by atoms with Gasteiger partial charge in [0.05, 0.1) is 19.3 Å². The Labute approximate surface area is 100 Å². The van der Waals surface area contributed by atoms with Gasteiger partial charge in [0.25, 0.3) is 0 Å². The van der Waals surface area contributed by atoms with Gasteiger partial charge in [0.2, 0.25) is 0 Å². The van der Waals surface area contributed by atoms with Crippen molar-refractivity contribution in [3.8, 4) is 0 Å². The van der Waals surface area contributed by atoms with Gasteiger partial charge in [-0.3, -0.25) is 0 Å². The molecule has 1 heterocycles. The largest absolute Gasteiger partial charge is 0.392 e. The Morgan fingerprint density at radius 1 is 1.06 bits per heavy atom. The van der Waals surface area contributed by atoms with Crippen LogP contribution in [0.3, 0.4) is 0 Å². The van der Waals surface area contributed by atoms with Crippen molar-refractivity contribution in [2.24, 2.45) is 5.41 Å². The van der Waals surface area contributed by atoms with Crippen molar-refractivity contribution in [1.29, 1.82) is 0 Å². The van der Waals surface area contributed by atoms with Crippen molar-refractivity contribution in [1.82, 2.24) is 0 Å². The number of rotatable bonds is 9. The van der Waals surface area contributed by atoms with Crippen molar-refractivity contribution in [3.05, 3.63) is 0 Å². The number of aliphatic hydroxyl groups excluding tert-OH is 1. The molecule has 0 aromatic heterocycles. The van der Waals surface area contributed by atoms with E-state index in [2.05, 4.69) is 13.8 Å². The Morgan fingerprint density at radius 2 is 1.75 bits per heavy atom. The third-order valence-corrected chi connectivity index (χ3v) is 3.85. The molecular formula is C14H28O2. The molecular weight excluding hydrogens is 200 g/mol. The van der Waals surface area contributed by atoms with Crippen LogP contribution >= 0.6 is 0 Å². The van der Waals surface area contributed by atoms with Gasteiger partial charge in [-0.05, 0) is 12.8 Å². The van der Waals surface area contributed by atoms with Crippen LogP contribution in [0.2, 0.25) is 0 Å². The molecule has 1 saturated heterocycles. The Bertz CT molecular complexity index is 176. The molecule has 2 heteroatoms. The van der Waals surface area contributed by atoms with Crippen molar-refractivity contribution >= 4 is 0 Å². The van der Waals surface area contributed by atoms with Crippen LogP contribution in [0.5, 0.6) is 0 Å². The van der Waals surface area contributed by atoms with E-state index in [1.54, 1.807) is 0 Å². The number of aliphatic hydroxyl groups is 1. The second kappa shape index (κ2) is 7.29. The van der Waals surface area contributed by atoms with E-state index in [4.69, 9.17) is 4.74 Å². The van der Waals surface area contributed by atoms with Crippen LogP contribution < -0.4 is 0 Å². The van der Waals surface area contributed by atoms with Gasteiger partial charge in [0, 0.05) is 5.41 Å². The van der Waals surface area contributed by atoms with Crippen LogP contribution in [0.1, 0.15) is 65.2 Å². The summed E-state index contributed by atoms with van der Waals surface area (Å²) in [6.45, 7) is 5.99. The monoisotopic (exact) mass is 228 g/mol. The second-order valence-corrected chi connectivity index (χ2v) is 5.32. The highest BCUT2D eigenvalue weighted by Crippen LogP contribution is 2.38. The van der Waals surface area contributed by atoms with Gasteiger partial charge in [-0.1, -0.05) is 52.4 Å². The highest BCUT2D eigenvalue weighted by atomic mass is 16.5. The summed E-state index contributed by atoms with van der Waals surface area (Å²) in [7, 11) is 0. The van der Waals surface area contributed by atoms with Crippen molar-refractivity contribution in [2.75, 3.05) is 13.2 Å². The summed E-state index contributed by atoms with van der Waals surface area (Å²) < 4.78 is 5.32. The first-order valence-corrected chi connectivity index (χ1v) is 7.01. The minimum Gasteiger partial charge on any atom is -0.392 e. The smallest absolute Gasteiger partial charge is 0.0640 e. The number of hydrogen-bond donors (Lipinski definition) is 1. The lowest BCUT2D eigenvalue weighted by Gasteiger charge is -2.45. The normalized spacial score (nSPS) is 20.4. The topological polar surface area (TPSA) is 29.5 Å². The Hall–Kier alpha value is -0.0800. The van der Waals surface area contributed by atoms with Gasteiger partial charge in [0.15, 0.2) is 0 Å². The fourth-order valence-electron chi connectivity index (χ4n) is 2.47. The molecule has 1 aliphatic heterocycles. The maximum absolute atomic E-state index is 10.3. The maximum Gasteiger partial charge on any atom is 0.0640 e. The molecule has 0 amide bonds. The predicted octanol–water partition coefficient (Wildman–Crippen LogP) is 3.52. The first-order chi connectivity index (χ1) is 7.75. The second-order valence-electron chi connectivity index (χ2n) is 5.32. The first kappa shape index (κ1) is 14.0. The minimum atomic E-state index is -0.135. The van der Waals surface area contributed by atoms with Gasteiger partial charge in [-0.2, -0.15) is 0 Å². The summed E-state index contributed by atoms with van der Waals surface area (Å²) >= 11 is 0. The summed E-state index contributed by atoms with van der Waals surface area (Å²) in [5.74, 6) is 0. The first-order valence-electron chi connectivity index (χ1n) is 7.01. The lowest BCUT2D eigenvalue weighted by atomic mass is 9.74. The summed E-state index contributed by atoms with van der Waals surface area (Å²) in [5.41, 5.74) is 0.113. The summed E-state index contributed by atoms with van der Waals surface area (Å²) in [6, 6.07) is 0. The quantitative estimate of drug-likeness (QED) is 0.612. The summed E-state index contributed by atoms with van der Waals surface area (Å²) in [6.07, 6.45) is 9.39. The Kier molecular flexibility index (Phi) is 6.37. The van der Waals surface area contributed by atoms with Gasteiger partial charge in [0.1, 0.15) is 0 Å². The number of unbranched alkanes of at least 4 members (excludes halogenated alkanes) is 4. The molecule has 0 saturated carbocycles. The SMILES string of the molecule is CCCCCCC(O)C1(CCCC)COC1. The van der Waals surface area contributed by atoms with Crippen LogP contribution in [0.15, 0.2) is 0 Å². The molecule has 0 bridgehead atoms. The van der Waals surface area contributed by atoms with Crippen LogP contribution in [-0.2, 0) is 4.74 Å². The van der Waals surface area contributed by atoms with Gasteiger partial charge >= 0.3 is 0 Å². The Morgan fingerprint density at radius 3 is 2.25 bits per heavy atom. The van der Waals surface area contributed by atoms with E-state index >= 15 is 0 Å². The molecule has 1 unspecified atom stereocenters. The zero-order valence-electron chi connectivity index (χ0n) is 11.0. The van der Waals surface area contributed by atoms with Crippen LogP contribution in [-0.4, -0.2) is 24.4 Å². The molecule has 1 N–H and O–H groups in total. The van der Waals surface area contributed by atoms with Gasteiger partial charge < -0.3 is 9.84 Å². The van der Waals surface area contributed by atoms with Gasteiger partial charge in [-0.25, -0.2) is 0 Å². The van der Waals surface area contributed by atoms with E-state index in [1.165, 1.54) is 38.5 Å². The maximum atomic E-state index is 10.3. The fourth-order valence-corrected chi connectivity index (χ4v) is 2.47. The predicted molar refractivity (Wildman–Crippen MR) is 67.5 cm³/mol. The Balaban J connectivity index is 2.23. The third kappa shape index (κ3) is 3.74. The molecule has 1 fully saturated rings. The van der Waals surface area contributed by atoms with Crippen molar-refractivity contribution in [3.63, 3.8) is 0 Å². The zero-order chi connectivity index (χ0) is 11.9. The van der Waals surface area contributed by atoms with Gasteiger partial charge in [-0.15, -0.1) is 0 Å². The molecule has 96 valence electrons. The number of ether oxygens (including phenoxy) is 1. The lowest BCUT2D eigenvalue weighted by Crippen LogP contribution is -2.51. The fraction of sp³-hybridized carbons (Fsp3) is 1.00. The molecule has 0 radical (unpaired) electrons. The van der Waals surface area contributed by atoms with E-state index in [9.17, 15) is 5.11 Å². The van der Waals surface area contributed by atoms with E-state index < -0.39 is 0 Å². The summed E-state index contributed by atoms with van der Waals surface area (Å²) in [4.78, 5) is 0. The molecule has 0 spiro atoms. The van der Waals surface area contributed by atoms with Crippen LogP contribution in [0.4, 0.5) is 0 Å². The molecule has 2 nitrogen and oxygen atoms in total. The van der Waals surface area contributed by atoms with Crippen molar-refractivity contribution < 1.29 is 9.84 Å². The molecule has 0 aromatic carbocycles. The highest BCUT2D eigenvalue weighted by molar-refractivity contribution is 4.91. The third-order valence-electron chi connectivity index (χ3n) is 3.85. The van der Waals surface area contributed by atoms with E-state index in [0.717, 1.165) is 26.1 Å². The average molecular weight is 228 g/mol. The van der Waals surface area contributed by atoms with E-state index in [-0.39, 0.29) is 11.5 Å². The molecule has 1 aliphatic rings. The molecule has 0 aromatic rings. The van der Waals surface area contributed by atoms with E-state index in [0.29, 0.717) is 0 Å². The van der Waals surface area contributed by atoms with Crippen LogP contribution in [0, 0.1) is 5.41 Å². The van der Waals surface area contributed by atoms with Crippen LogP contribution in [0.25, 0.3) is 0 Å². The molecule has 1 rings (SSSR count). The molecule has 1 atom stereocenters. The average Bonchev–Trinajstić information content (AvgIpc) is 2.23. The lowest BCUT2D eigenvalue weighted by molar-refractivity contribution is -0.178. The number of hydrogen-bond acceptors (Lipinski definition) is 2. The molecule has 0 aliphatic carbocycles. The standard InChI is InChI=1S/C14H28O2/c1-3-5-7-8-9-13(15)14(10-6-4-2)11-16-12-14/h13,15H,3-12H2,1-2H3. The minimum absolute atomic E-state index is 0.113. The summed E-state index contributed by atoms with van der Waals surface area (Å²) in [5, 5.41) is 10.3.